The molecule has 1 heterocycles. The molecule has 1 aliphatic rings. The first-order chi connectivity index (χ1) is 7.83. The van der Waals surface area contributed by atoms with Crippen LogP contribution < -0.4 is 5.32 Å². The molecule has 2 heteroatoms. The highest BCUT2D eigenvalue weighted by Gasteiger charge is 2.28. The Kier molecular flexibility index (Phi) is 3.94. The highest BCUT2D eigenvalue weighted by molar-refractivity contribution is 5.26. The highest BCUT2D eigenvalue weighted by atomic mass is 14.9. The van der Waals surface area contributed by atoms with Crippen molar-refractivity contribution in [3.63, 3.8) is 0 Å². The molecular weight excluding hydrogens is 196 g/mol. The van der Waals surface area contributed by atoms with Gasteiger partial charge >= 0.3 is 0 Å². The summed E-state index contributed by atoms with van der Waals surface area (Å²) in [7, 11) is 0. The minimum atomic E-state index is 0.552. The fourth-order valence-corrected chi connectivity index (χ4v) is 2.44. The van der Waals surface area contributed by atoms with E-state index in [9.17, 15) is 0 Å². The van der Waals surface area contributed by atoms with Crippen molar-refractivity contribution < 1.29 is 0 Å². The molecule has 2 rings (SSSR count). The summed E-state index contributed by atoms with van der Waals surface area (Å²) in [4.78, 5) is 4.18. The average Bonchev–Trinajstić information content (AvgIpc) is 2.22. The van der Waals surface area contributed by atoms with E-state index in [0.717, 1.165) is 12.5 Å². The number of nitrogens with one attached hydrogen (secondary N) is 1. The predicted octanol–water partition coefficient (Wildman–Crippen LogP) is 3.23. The van der Waals surface area contributed by atoms with E-state index in [0.29, 0.717) is 6.04 Å². The lowest BCUT2D eigenvalue weighted by Crippen LogP contribution is -2.33. The zero-order valence-corrected chi connectivity index (χ0v) is 10.4. The monoisotopic (exact) mass is 218 g/mol. The molecule has 2 nitrogen and oxygen atoms in total. The van der Waals surface area contributed by atoms with E-state index in [1.165, 1.54) is 36.8 Å². The third-order valence-electron chi connectivity index (χ3n) is 3.63. The molecule has 1 fully saturated rings. The van der Waals surface area contributed by atoms with Gasteiger partial charge in [0.05, 0.1) is 0 Å². The Morgan fingerprint density at radius 2 is 2.31 bits per heavy atom. The fraction of sp³-hybridized carbons (Fsp3) is 0.643. The zero-order chi connectivity index (χ0) is 11.4. The molecule has 0 bridgehead atoms. The second-order valence-electron chi connectivity index (χ2n) is 4.86. The topological polar surface area (TPSA) is 24.9 Å². The maximum Gasteiger partial charge on any atom is 0.0352 e. The van der Waals surface area contributed by atoms with Crippen LogP contribution in [0.5, 0.6) is 0 Å². The van der Waals surface area contributed by atoms with Crippen molar-refractivity contribution in [2.75, 3.05) is 6.54 Å². The van der Waals surface area contributed by atoms with E-state index in [2.05, 4.69) is 30.2 Å². The van der Waals surface area contributed by atoms with Crippen LogP contribution in [0.15, 0.2) is 18.5 Å². The Hall–Kier alpha value is -0.890. The number of aryl methyl sites for hydroxylation is 1. The molecule has 0 aliphatic heterocycles. The number of pyridine rings is 1. The van der Waals surface area contributed by atoms with Gasteiger partial charge in [-0.15, -0.1) is 0 Å². The van der Waals surface area contributed by atoms with Gasteiger partial charge in [0.2, 0.25) is 0 Å². The van der Waals surface area contributed by atoms with Crippen LogP contribution in [0.2, 0.25) is 0 Å². The first-order valence-electron chi connectivity index (χ1n) is 6.46. The highest BCUT2D eigenvalue weighted by Crippen LogP contribution is 2.38. The molecule has 1 aliphatic carbocycles. The van der Waals surface area contributed by atoms with Gasteiger partial charge in [0, 0.05) is 18.4 Å². The molecule has 0 saturated heterocycles. The van der Waals surface area contributed by atoms with E-state index in [4.69, 9.17) is 0 Å². The summed E-state index contributed by atoms with van der Waals surface area (Å²) in [5.74, 6) is 0.840. The molecule has 1 N–H and O–H groups in total. The molecule has 0 radical (unpaired) electrons. The summed E-state index contributed by atoms with van der Waals surface area (Å²) in [6, 6.07) is 2.73. The van der Waals surface area contributed by atoms with E-state index in [1.54, 1.807) is 0 Å². The molecule has 1 saturated carbocycles. The Morgan fingerprint density at radius 3 is 2.88 bits per heavy atom. The van der Waals surface area contributed by atoms with Crippen LogP contribution in [0, 0.1) is 12.8 Å². The van der Waals surface area contributed by atoms with E-state index >= 15 is 0 Å². The molecule has 0 aromatic carbocycles. The third kappa shape index (κ3) is 2.43. The summed E-state index contributed by atoms with van der Waals surface area (Å²) in [5.41, 5.74) is 2.77. The number of rotatable bonds is 5. The van der Waals surface area contributed by atoms with E-state index < -0.39 is 0 Å². The Balaban J connectivity index is 2.13. The Labute approximate surface area is 98.5 Å². The molecule has 88 valence electrons. The van der Waals surface area contributed by atoms with Crippen LogP contribution >= 0.6 is 0 Å². The molecule has 1 atom stereocenters. The maximum absolute atomic E-state index is 4.18. The van der Waals surface area contributed by atoms with Crippen LogP contribution in [0.3, 0.4) is 0 Å². The minimum absolute atomic E-state index is 0.552. The van der Waals surface area contributed by atoms with Crippen molar-refractivity contribution in [2.45, 2.75) is 45.6 Å². The number of nitrogens with zero attached hydrogens (tertiary/aromatic N) is 1. The minimum Gasteiger partial charge on any atom is -0.310 e. The second kappa shape index (κ2) is 5.44. The quantitative estimate of drug-likeness (QED) is 0.820. The maximum atomic E-state index is 4.18. The zero-order valence-electron chi connectivity index (χ0n) is 10.4. The molecule has 16 heavy (non-hydrogen) atoms. The van der Waals surface area contributed by atoms with Gasteiger partial charge in [0.15, 0.2) is 0 Å². The van der Waals surface area contributed by atoms with Crippen LogP contribution in [-0.4, -0.2) is 11.5 Å². The Bertz CT molecular complexity index is 331. The van der Waals surface area contributed by atoms with Crippen LogP contribution in [-0.2, 0) is 0 Å². The fourth-order valence-electron chi connectivity index (χ4n) is 2.44. The standard InChI is InChI=1S/C14H22N2/c1-3-8-16-14(12-5-4-6-12)13-7-9-15-10-11(13)2/h7,9-10,12,14,16H,3-6,8H2,1-2H3. The van der Waals surface area contributed by atoms with Gasteiger partial charge in [0.25, 0.3) is 0 Å². The molecule has 1 unspecified atom stereocenters. The summed E-state index contributed by atoms with van der Waals surface area (Å²) in [5, 5.41) is 3.70. The van der Waals surface area contributed by atoms with E-state index in [1.807, 2.05) is 12.4 Å². The third-order valence-corrected chi connectivity index (χ3v) is 3.63. The lowest BCUT2D eigenvalue weighted by Gasteiger charge is -2.35. The lowest BCUT2D eigenvalue weighted by molar-refractivity contribution is 0.230. The largest absolute Gasteiger partial charge is 0.310 e. The van der Waals surface area contributed by atoms with Gasteiger partial charge in [-0.25, -0.2) is 0 Å². The van der Waals surface area contributed by atoms with Gasteiger partial charge in [-0.3, -0.25) is 4.98 Å². The molecular formula is C14H22N2. The van der Waals surface area contributed by atoms with Gasteiger partial charge in [0.1, 0.15) is 0 Å². The first kappa shape index (κ1) is 11.6. The Morgan fingerprint density at radius 1 is 1.50 bits per heavy atom. The molecule has 1 aromatic rings. The number of hydrogen-bond donors (Lipinski definition) is 1. The van der Waals surface area contributed by atoms with Crippen molar-refractivity contribution in [2.24, 2.45) is 5.92 Å². The first-order valence-corrected chi connectivity index (χ1v) is 6.46. The summed E-state index contributed by atoms with van der Waals surface area (Å²) in [6.45, 7) is 5.51. The van der Waals surface area contributed by atoms with Crippen molar-refractivity contribution in [1.29, 1.82) is 0 Å². The molecule has 1 aromatic heterocycles. The van der Waals surface area contributed by atoms with Crippen molar-refractivity contribution in [1.82, 2.24) is 10.3 Å². The number of hydrogen-bond acceptors (Lipinski definition) is 2. The molecule has 0 amide bonds. The van der Waals surface area contributed by atoms with Gasteiger partial charge in [-0.1, -0.05) is 13.3 Å². The summed E-state index contributed by atoms with van der Waals surface area (Å²) in [6.07, 6.45) is 9.26. The van der Waals surface area contributed by atoms with Crippen LogP contribution in [0.4, 0.5) is 0 Å². The SMILES string of the molecule is CCCNC(c1ccncc1C)C1CCC1. The lowest BCUT2D eigenvalue weighted by atomic mass is 9.76. The number of aromatic nitrogens is 1. The van der Waals surface area contributed by atoms with Crippen molar-refractivity contribution in [3.8, 4) is 0 Å². The van der Waals surface area contributed by atoms with Gasteiger partial charge in [-0.05, 0) is 55.8 Å². The average molecular weight is 218 g/mol. The van der Waals surface area contributed by atoms with Gasteiger partial charge < -0.3 is 5.32 Å². The van der Waals surface area contributed by atoms with Crippen LogP contribution in [0.1, 0.15) is 49.8 Å². The molecule has 0 spiro atoms. The smallest absolute Gasteiger partial charge is 0.0352 e. The van der Waals surface area contributed by atoms with Crippen LogP contribution in [0.25, 0.3) is 0 Å². The van der Waals surface area contributed by atoms with Gasteiger partial charge in [-0.2, -0.15) is 0 Å². The second-order valence-corrected chi connectivity index (χ2v) is 4.86. The summed E-state index contributed by atoms with van der Waals surface area (Å²) < 4.78 is 0. The summed E-state index contributed by atoms with van der Waals surface area (Å²) >= 11 is 0. The normalized spacial score (nSPS) is 18.1. The van der Waals surface area contributed by atoms with Crippen molar-refractivity contribution >= 4 is 0 Å². The van der Waals surface area contributed by atoms with Crippen molar-refractivity contribution in [3.05, 3.63) is 29.6 Å². The van der Waals surface area contributed by atoms with E-state index in [-0.39, 0.29) is 0 Å². The predicted molar refractivity (Wildman–Crippen MR) is 67.3 cm³/mol.